The molecule has 0 bridgehead atoms. The molecule has 0 saturated heterocycles. The Kier molecular flexibility index (Phi) is 9.35. The maximum atomic E-state index is 10.3. The molecule has 0 aromatic heterocycles. The Bertz CT molecular complexity index is 180. The van der Waals surface area contributed by atoms with Crippen LogP contribution in [0.15, 0.2) is 0 Å². The number of aliphatic carboxylic acids is 1. The second-order valence-electron chi connectivity index (χ2n) is 4.87. The molecular weight excluding hydrogens is 236 g/mol. The quantitative estimate of drug-likeness (QED) is 0.449. The number of carbonyl (C=O) groups is 1. The van der Waals surface area contributed by atoms with Crippen LogP contribution in [0.4, 0.5) is 0 Å². The van der Waals surface area contributed by atoms with Gasteiger partial charge in [0.2, 0.25) is 0 Å². The van der Waals surface area contributed by atoms with Crippen LogP contribution in [0.3, 0.4) is 0 Å². The van der Waals surface area contributed by atoms with E-state index < -0.39 is 22.6 Å². The van der Waals surface area contributed by atoms with E-state index in [9.17, 15) is 4.79 Å². The monoisotopic (exact) mass is 264 g/mol. The maximum absolute atomic E-state index is 10.3. The molecule has 0 heterocycles. The molecule has 0 fully saturated rings. The first-order chi connectivity index (χ1) is 7.60. The van der Waals surface area contributed by atoms with Gasteiger partial charge in [0.25, 0.3) is 0 Å². The van der Waals surface area contributed by atoms with Gasteiger partial charge in [-0.1, -0.05) is 0 Å². The number of hydrogen-bond acceptors (Lipinski definition) is 1. The van der Waals surface area contributed by atoms with Crippen molar-refractivity contribution in [1.82, 2.24) is 0 Å². The van der Waals surface area contributed by atoms with E-state index in [4.69, 9.17) is 5.11 Å². The van der Waals surface area contributed by atoms with E-state index in [1.165, 1.54) is 31.7 Å². The molecule has 0 amide bonds. The van der Waals surface area contributed by atoms with Gasteiger partial charge in [-0.2, -0.15) is 0 Å². The van der Waals surface area contributed by atoms with Crippen LogP contribution in [0.5, 0.6) is 0 Å². The van der Waals surface area contributed by atoms with Crippen molar-refractivity contribution < 1.29 is 26.5 Å². The van der Waals surface area contributed by atoms with Gasteiger partial charge in [-0.05, 0) is 0 Å². The molecule has 0 aromatic carbocycles. The van der Waals surface area contributed by atoms with Crippen LogP contribution in [0.1, 0.15) is 52.9 Å². The van der Waals surface area contributed by atoms with Crippen molar-refractivity contribution in [3.05, 3.63) is 0 Å². The van der Waals surface area contributed by atoms with E-state index in [-0.39, 0.29) is 0 Å². The third-order valence-corrected chi connectivity index (χ3v) is 13.3. The van der Waals surface area contributed by atoms with Crippen LogP contribution in [-0.2, 0) is 21.4 Å². The summed E-state index contributed by atoms with van der Waals surface area (Å²) in [6, 6.07) is 0. The van der Waals surface area contributed by atoms with Gasteiger partial charge in [-0.3, -0.25) is 0 Å². The number of hydrogen-bond donors (Lipinski definition) is 1. The van der Waals surface area contributed by atoms with E-state index in [1.54, 1.807) is 0 Å². The Balaban J connectivity index is 3.59. The van der Waals surface area contributed by atoms with E-state index in [0.717, 1.165) is 12.8 Å². The van der Waals surface area contributed by atoms with Gasteiger partial charge >= 0.3 is 104 Å². The van der Waals surface area contributed by atoms with Gasteiger partial charge in [0.1, 0.15) is 0 Å². The molecule has 2 nitrogen and oxygen atoms in total. The number of carboxylic acids is 1. The van der Waals surface area contributed by atoms with Crippen molar-refractivity contribution in [2.45, 2.75) is 71.8 Å². The molecule has 0 aliphatic heterocycles. The summed E-state index contributed by atoms with van der Waals surface area (Å²) in [4.78, 5) is 10.3. The Morgan fingerprint density at radius 2 is 1.44 bits per heavy atom. The molecule has 0 aromatic rings. The first kappa shape index (κ1) is 16.2. The van der Waals surface area contributed by atoms with Crippen molar-refractivity contribution >= 4 is 5.97 Å². The van der Waals surface area contributed by atoms with Crippen molar-refractivity contribution in [2.24, 2.45) is 0 Å². The SMILES string of the molecule is C[CH2][Ti]([CH2]C)([CH2]C)[CH2]CCCCCC(=O)O. The van der Waals surface area contributed by atoms with E-state index in [1.807, 2.05) is 0 Å². The second-order valence-corrected chi connectivity index (χ2v) is 13.6. The Morgan fingerprint density at radius 1 is 0.938 bits per heavy atom. The predicted octanol–water partition coefficient (Wildman–Crippen LogP) is 4.91. The van der Waals surface area contributed by atoms with E-state index in [0.29, 0.717) is 6.42 Å². The van der Waals surface area contributed by atoms with Crippen LogP contribution >= 0.6 is 0 Å². The van der Waals surface area contributed by atoms with Gasteiger partial charge in [-0.25, -0.2) is 0 Å². The molecule has 0 rings (SSSR count). The summed E-state index contributed by atoms with van der Waals surface area (Å²) >= 11 is -1.43. The van der Waals surface area contributed by atoms with Gasteiger partial charge in [0, 0.05) is 0 Å². The average Bonchev–Trinajstić information content (AvgIpc) is 2.29. The van der Waals surface area contributed by atoms with E-state index >= 15 is 0 Å². The molecule has 1 N–H and O–H groups in total. The van der Waals surface area contributed by atoms with Crippen molar-refractivity contribution in [2.75, 3.05) is 0 Å². The van der Waals surface area contributed by atoms with Gasteiger partial charge in [0.05, 0.1) is 0 Å². The summed E-state index contributed by atoms with van der Waals surface area (Å²) in [6.45, 7) is 7.12. The first-order valence-electron chi connectivity index (χ1n) is 6.82. The summed E-state index contributed by atoms with van der Waals surface area (Å²) in [7, 11) is 0. The molecule has 0 atom stereocenters. The van der Waals surface area contributed by atoms with Gasteiger partial charge in [0.15, 0.2) is 0 Å². The standard InChI is InChI=1S/C7H13O2.3C2H5.Ti/c1-2-3-4-5-6-7(8)9;3*1-2;/h1-6H2,(H,8,9);3*1H2,2H3;. The Morgan fingerprint density at radius 3 is 1.88 bits per heavy atom. The topological polar surface area (TPSA) is 37.3 Å². The summed E-state index contributed by atoms with van der Waals surface area (Å²) in [5.74, 6) is -0.650. The number of rotatable bonds is 10. The Labute approximate surface area is 104 Å². The summed E-state index contributed by atoms with van der Waals surface area (Å²) in [5.41, 5.74) is 0. The zero-order chi connectivity index (χ0) is 12.4. The van der Waals surface area contributed by atoms with Crippen LogP contribution in [0.25, 0.3) is 0 Å². The van der Waals surface area contributed by atoms with Crippen LogP contribution in [0, 0.1) is 0 Å². The normalized spacial score (nSPS) is 11.7. The minimum absolute atomic E-state index is 0.349. The fourth-order valence-corrected chi connectivity index (χ4v) is 7.97. The summed E-state index contributed by atoms with van der Waals surface area (Å²) in [5, 5.41) is 8.52. The molecule has 0 aliphatic rings. The fraction of sp³-hybridized carbons (Fsp3) is 0.923. The molecule has 3 heteroatoms. The second kappa shape index (κ2) is 9.24. The van der Waals surface area contributed by atoms with Gasteiger partial charge in [-0.15, -0.1) is 0 Å². The molecular formula is C13H28O2Ti. The van der Waals surface area contributed by atoms with Gasteiger partial charge < -0.3 is 0 Å². The molecule has 0 aliphatic carbocycles. The zero-order valence-corrected chi connectivity index (χ0v) is 12.8. The summed E-state index contributed by atoms with van der Waals surface area (Å²) < 4.78 is 5.88. The minimum atomic E-state index is -1.43. The third kappa shape index (κ3) is 6.70. The summed E-state index contributed by atoms with van der Waals surface area (Å²) in [6.07, 6.45) is 4.89. The average molecular weight is 264 g/mol. The van der Waals surface area contributed by atoms with Crippen LogP contribution < -0.4 is 0 Å². The zero-order valence-electron chi connectivity index (χ0n) is 11.2. The number of unbranched alkanes of at least 4 members (excludes halogenated alkanes) is 3. The van der Waals surface area contributed by atoms with Crippen molar-refractivity contribution in [3.63, 3.8) is 0 Å². The first-order valence-corrected chi connectivity index (χ1v) is 11.2. The molecule has 96 valence electrons. The molecule has 16 heavy (non-hydrogen) atoms. The number of carboxylic acid groups (broad SMARTS) is 1. The molecule has 0 saturated carbocycles. The third-order valence-electron chi connectivity index (χ3n) is 4.10. The fourth-order valence-electron chi connectivity index (χ4n) is 2.41. The molecule has 0 radical (unpaired) electrons. The Hall–Kier alpha value is 0.184. The van der Waals surface area contributed by atoms with Crippen LogP contribution in [0.2, 0.25) is 18.9 Å². The predicted molar refractivity (Wildman–Crippen MR) is 67.0 cm³/mol. The van der Waals surface area contributed by atoms with Crippen molar-refractivity contribution in [3.8, 4) is 0 Å². The van der Waals surface area contributed by atoms with E-state index in [2.05, 4.69) is 20.8 Å². The molecule has 0 unspecified atom stereocenters. The van der Waals surface area contributed by atoms with Crippen LogP contribution in [-0.4, -0.2) is 11.1 Å². The van der Waals surface area contributed by atoms with Crippen molar-refractivity contribution in [1.29, 1.82) is 0 Å². The molecule has 0 spiro atoms.